The summed E-state index contributed by atoms with van der Waals surface area (Å²) in [6.45, 7) is 1.81. The van der Waals surface area contributed by atoms with Crippen LogP contribution in [0.15, 0.2) is 16.6 Å². The maximum Gasteiger partial charge on any atom is 0.179 e. The van der Waals surface area contributed by atoms with Crippen LogP contribution in [0.2, 0.25) is 0 Å². The third-order valence-electron chi connectivity index (χ3n) is 2.40. The van der Waals surface area contributed by atoms with E-state index < -0.39 is 5.82 Å². The summed E-state index contributed by atoms with van der Waals surface area (Å²) in [5, 5.41) is 12.8. The average Bonchev–Trinajstić information content (AvgIpc) is 2.27. The molecule has 1 heterocycles. The highest BCUT2D eigenvalue weighted by Gasteiger charge is 2.21. The number of hydrogen-bond acceptors (Lipinski definition) is 3. The van der Waals surface area contributed by atoms with Gasteiger partial charge in [-0.3, -0.25) is 0 Å². The van der Waals surface area contributed by atoms with E-state index in [9.17, 15) is 9.50 Å². The molecule has 1 aliphatic heterocycles. The Morgan fingerprint density at radius 1 is 1.53 bits per heavy atom. The lowest BCUT2D eigenvalue weighted by molar-refractivity contribution is 0.0759. The van der Waals surface area contributed by atoms with Gasteiger partial charge in [-0.05, 0) is 22.0 Å². The molecule has 82 valence electrons. The molecule has 1 atom stereocenters. The first kappa shape index (κ1) is 10.9. The van der Waals surface area contributed by atoms with Gasteiger partial charge in [0.1, 0.15) is 0 Å². The van der Waals surface area contributed by atoms with E-state index in [1.54, 1.807) is 12.1 Å². The number of phenolic OH excluding ortho intramolecular Hbond substituents is 1. The molecule has 2 N–H and O–H groups in total. The molecular weight excluding hydrogens is 265 g/mol. The molecule has 0 spiro atoms. The summed E-state index contributed by atoms with van der Waals surface area (Å²) >= 11 is 3.02. The topological polar surface area (TPSA) is 41.5 Å². The first-order valence-electron chi connectivity index (χ1n) is 4.68. The molecule has 0 amide bonds. The largest absolute Gasteiger partial charge is 0.505 e. The zero-order valence-corrected chi connectivity index (χ0v) is 9.55. The Kier molecular flexibility index (Phi) is 3.23. The normalized spacial score (nSPS) is 21.6. The molecule has 0 saturated carbocycles. The number of nitrogens with one attached hydrogen (secondary N) is 1. The summed E-state index contributed by atoms with van der Waals surface area (Å²) in [7, 11) is 0. The molecule has 0 unspecified atom stereocenters. The highest BCUT2D eigenvalue weighted by Crippen LogP contribution is 2.32. The second-order valence-corrected chi connectivity index (χ2v) is 4.24. The van der Waals surface area contributed by atoms with Crippen molar-refractivity contribution in [1.29, 1.82) is 0 Å². The van der Waals surface area contributed by atoms with Crippen LogP contribution in [0.25, 0.3) is 0 Å². The van der Waals surface area contributed by atoms with E-state index in [4.69, 9.17) is 4.74 Å². The molecule has 1 saturated heterocycles. The molecule has 5 heteroatoms. The van der Waals surface area contributed by atoms with Gasteiger partial charge in [0, 0.05) is 12.1 Å². The zero-order valence-electron chi connectivity index (χ0n) is 7.96. The van der Waals surface area contributed by atoms with Gasteiger partial charge in [-0.15, -0.1) is 0 Å². The first-order chi connectivity index (χ1) is 7.20. The van der Waals surface area contributed by atoms with E-state index in [0.29, 0.717) is 25.3 Å². The predicted octanol–water partition coefficient (Wildman–Crippen LogP) is 1.95. The maximum atomic E-state index is 13.4. The number of benzene rings is 1. The Bertz CT molecular complexity index is 367. The minimum absolute atomic E-state index is 0.138. The number of hydrogen-bond donors (Lipinski definition) is 2. The fraction of sp³-hybridized carbons (Fsp3) is 0.400. The maximum absolute atomic E-state index is 13.4. The van der Waals surface area contributed by atoms with Gasteiger partial charge in [-0.25, -0.2) is 4.39 Å². The van der Waals surface area contributed by atoms with Crippen LogP contribution in [0.4, 0.5) is 4.39 Å². The van der Waals surface area contributed by atoms with E-state index in [-0.39, 0.29) is 16.3 Å². The van der Waals surface area contributed by atoms with Gasteiger partial charge in [0.15, 0.2) is 11.6 Å². The molecule has 1 aromatic rings. The summed E-state index contributed by atoms with van der Waals surface area (Å²) in [5.41, 5.74) is 0.537. The fourth-order valence-corrected chi connectivity index (χ4v) is 1.92. The molecular formula is C10H11BrFNO2. The summed E-state index contributed by atoms with van der Waals surface area (Å²) in [5.74, 6) is -0.938. The molecule has 1 aromatic carbocycles. The van der Waals surface area contributed by atoms with Crippen LogP contribution in [0.1, 0.15) is 11.6 Å². The molecule has 0 bridgehead atoms. The van der Waals surface area contributed by atoms with Crippen LogP contribution in [0.5, 0.6) is 5.75 Å². The second-order valence-electron chi connectivity index (χ2n) is 3.38. The van der Waals surface area contributed by atoms with Crippen molar-refractivity contribution in [3.8, 4) is 5.75 Å². The summed E-state index contributed by atoms with van der Waals surface area (Å²) in [6, 6.07) is 3.14. The van der Waals surface area contributed by atoms with Gasteiger partial charge in [-0.1, -0.05) is 6.07 Å². The summed E-state index contributed by atoms with van der Waals surface area (Å²) < 4.78 is 18.9. The van der Waals surface area contributed by atoms with Gasteiger partial charge in [-0.2, -0.15) is 0 Å². The lowest BCUT2D eigenvalue weighted by Gasteiger charge is -2.24. The van der Waals surface area contributed by atoms with Gasteiger partial charge in [0.05, 0.1) is 23.7 Å². The van der Waals surface area contributed by atoms with Gasteiger partial charge in [0.2, 0.25) is 0 Å². The van der Waals surface area contributed by atoms with Gasteiger partial charge < -0.3 is 15.2 Å². The quantitative estimate of drug-likeness (QED) is 0.823. The molecule has 0 radical (unpaired) electrons. The number of phenols is 1. The first-order valence-corrected chi connectivity index (χ1v) is 5.47. The monoisotopic (exact) mass is 275 g/mol. The van der Waals surface area contributed by atoms with Crippen LogP contribution in [-0.4, -0.2) is 24.9 Å². The lowest BCUT2D eigenvalue weighted by Crippen LogP contribution is -2.34. The third-order valence-corrected chi connectivity index (χ3v) is 3.01. The van der Waals surface area contributed by atoms with Gasteiger partial charge in [0.25, 0.3) is 0 Å². The van der Waals surface area contributed by atoms with Crippen molar-refractivity contribution in [1.82, 2.24) is 5.32 Å². The second kappa shape index (κ2) is 4.47. The smallest absolute Gasteiger partial charge is 0.179 e. The summed E-state index contributed by atoms with van der Waals surface area (Å²) in [6.07, 6.45) is 0. The van der Waals surface area contributed by atoms with Crippen molar-refractivity contribution >= 4 is 15.9 Å². The van der Waals surface area contributed by atoms with Crippen LogP contribution >= 0.6 is 15.9 Å². The van der Waals surface area contributed by atoms with E-state index in [1.165, 1.54) is 0 Å². The number of rotatable bonds is 1. The van der Waals surface area contributed by atoms with Crippen molar-refractivity contribution in [3.05, 3.63) is 28.0 Å². The van der Waals surface area contributed by atoms with Crippen molar-refractivity contribution in [3.63, 3.8) is 0 Å². The zero-order chi connectivity index (χ0) is 10.8. The molecule has 2 rings (SSSR count). The molecule has 0 aliphatic carbocycles. The Balaban J connectivity index is 2.31. The minimum atomic E-state index is -0.625. The Morgan fingerprint density at radius 2 is 2.33 bits per heavy atom. The third kappa shape index (κ3) is 2.14. The average molecular weight is 276 g/mol. The van der Waals surface area contributed by atoms with Crippen molar-refractivity contribution in [2.75, 3.05) is 19.8 Å². The van der Waals surface area contributed by atoms with Gasteiger partial charge >= 0.3 is 0 Å². The number of halogens is 2. The van der Waals surface area contributed by atoms with Crippen LogP contribution < -0.4 is 5.32 Å². The number of aromatic hydroxyl groups is 1. The molecule has 0 aromatic heterocycles. The van der Waals surface area contributed by atoms with Crippen molar-refractivity contribution in [2.45, 2.75) is 6.04 Å². The van der Waals surface area contributed by atoms with Crippen molar-refractivity contribution < 1.29 is 14.2 Å². The highest BCUT2D eigenvalue weighted by molar-refractivity contribution is 9.10. The lowest BCUT2D eigenvalue weighted by atomic mass is 10.1. The fourth-order valence-electron chi connectivity index (χ4n) is 1.60. The van der Waals surface area contributed by atoms with Crippen LogP contribution in [0, 0.1) is 5.82 Å². The van der Waals surface area contributed by atoms with E-state index >= 15 is 0 Å². The van der Waals surface area contributed by atoms with E-state index in [2.05, 4.69) is 21.2 Å². The number of ether oxygens (including phenoxy) is 1. The van der Waals surface area contributed by atoms with E-state index in [1.807, 2.05) is 0 Å². The predicted molar refractivity (Wildman–Crippen MR) is 57.3 cm³/mol. The minimum Gasteiger partial charge on any atom is -0.505 e. The summed E-state index contributed by atoms with van der Waals surface area (Å²) in [4.78, 5) is 0. The van der Waals surface area contributed by atoms with Crippen LogP contribution in [-0.2, 0) is 4.74 Å². The van der Waals surface area contributed by atoms with Crippen LogP contribution in [0.3, 0.4) is 0 Å². The van der Waals surface area contributed by atoms with E-state index in [0.717, 1.165) is 0 Å². The Labute approximate surface area is 95.4 Å². The molecule has 1 fully saturated rings. The standard InChI is InChI=1S/C10H11BrFNO2/c11-7-2-1-6(10(14)9(7)12)8-5-15-4-3-13-8/h1-2,8,13-14H,3-5H2/t8-/m0/s1. The highest BCUT2D eigenvalue weighted by atomic mass is 79.9. The van der Waals surface area contributed by atoms with Crippen molar-refractivity contribution in [2.24, 2.45) is 0 Å². The molecule has 15 heavy (non-hydrogen) atoms. The molecule has 3 nitrogen and oxygen atoms in total. The Morgan fingerprint density at radius 3 is 3.00 bits per heavy atom. The SMILES string of the molecule is Oc1c([C@@H]2COCCN2)ccc(Br)c1F. The Hall–Kier alpha value is -0.650. The molecule has 1 aliphatic rings. The number of morpholine rings is 1.